The van der Waals surface area contributed by atoms with Gasteiger partial charge in [0, 0.05) is 0 Å². The number of esters is 1. The summed E-state index contributed by atoms with van der Waals surface area (Å²) < 4.78 is 4.63. The highest BCUT2D eigenvalue weighted by Crippen LogP contribution is 2.26. The number of ether oxygens (including phenoxy) is 1. The van der Waals surface area contributed by atoms with Crippen molar-refractivity contribution < 1.29 is 9.53 Å². The summed E-state index contributed by atoms with van der Waals surface area (Å²) in [5, 5.41) is 12.1. The molecule has 0 aromatic heterocycles. The quantitative estimate of drug-likeness (QED) is 0.659. The van der Waals surface area contributed by atoms with Gasteiger partial charge in [0.1, 0.15) is 6.07 Å². The molecule has 0 heterocycles. The molecule has 0 amide bonds. The molecule has 0 spiro atoms. The molecule has 0 aliphatic carbocycles. The Morgan fingerprint density at radius 3 is 2.65 bits per heavy atom. The van der Waals surface area contributed by atoms with Crippen LogP contribution in [0.5, 0.6) is 0 Å². The van der Waals surface area contributed by atoms with E-state index in [0.717, 1.165) is 0 Å². The first-order valence-corrected chi connectivity index (χ1v) is 5.89. The van der Waals surface area contributed by atoms with E-state index in [-0.39, 0.29) is 0 Å². The van der Waals surface area contributed by atoms with Crippen LogP contribution in [0, 0.1) is 11.3 Å². The summed E-state index contributed by atoms with van der Waals surface area (Å²) in [6, 6.07) is 14.0. The topological polar surface area (TPSA) is 88.1 Å². The molecule has 5 heteroatoms. The number of rotatable bonds is 3. The van der Waals surface area contributed by atoms with Gasteiger partial charge in [-0.2, -0.15) is 5.26 Å². The maximum absolute atomic E-state index is 11.4. The van der Waals surface area contributed by atoms with Crippen molar-refractivity contribution in [2.75, 3.05) is 18.2 Å². The molecule has 0 radical (unpaired) electrons. The molecule has 3 N–H and O–H groups in total. The van der Waals surface area contributed by atoms with E-state index in [0.29, 0.717) is 28.2 Å². The highest BCUT2D eigenvalue weighted by Gasteiger charge is 2.09. The third kappa shape index (κ3) is 2.70. The van der Waals surface area contributed by atoms with Crippen LogP contribution in [-0.4, -0.2) is 13.1 Å². The molecule has 0 saturated carbocycles. The van der Waals surface area contributed by atoms with Crippen molar-refractivity contribution in [2.24, 2.45) is 0 Å². The highest BCUT2D eigenvalue weighted by molar-refractivity contribution is 5.92. The molecule has 0 atom stereocenters. The zero-order chi connectivity index (χ0) is 14.5. The number of para-hydroxylation sites is 1. The van der Waals surface area contributed by atoms with Gasteiger partial charge in [0.2, 0.25) is 0 Å². The molecular weight excluding hydrogens is 254 g/mol. The minimum atomic E-state index is -0.444. The van der Waals surface area contributed by atoms with Crippen LogP contribution in [0.25, 0.3) is 0 Å². The lowest BCUT2D eigenvalue weighted by Crippen LogP contribution is -2.04. The average molecular weight is 267 g/mol. The van der Waals surface area contributed by atoms with Crippen LogP contribution in [-0.2, 0) is 4.74 Å². The number of nitriles is 1. The maximum Gasteiger partial charge on any atom is 0.337 e. The smallest absolute Gasteiger partial charge is 0.337 e. The van der Waals surface area contributed by atoms with Crippen molar-refractivity contribution in [2.45, 2.75) is 0 Å². The van der Waals surface area contributed by atoms with E-state index in [2.05, 4.69) is 16.1 Å². The molecule has 100 valence electrons. The van der Waals surface area contributed by atoms with Gasteiger partial charge >= 0.3 is 5.97 Å². The van der Waals surface area contributed by atoms with Crippen LogP contribution in [0.4, 0.5) is 17.1 Å². The van der Waals surface area contributed by atoms with Crippen LogP contribution in [0.15, 0.2) is 42.5 Å². The summed E-state index contributed by atoms with van der Waals surface area (Å²) in [4.78, 5) is 11.4. The van der Waals surface area contributed by atoms with Gasteiger partial charge in [0.15, 0.2) is 0 Å². The highest BCUT2D eigenvalue weighted by atomic mass is 16.5. The molecule has 2 aromatic rings. The Morgan fingerprint density at radius 2 is 2.00 bits per heavy atom. The van der Waals surface area contributed by atoms with Crippen molar-refractivity contribution in [1.82, 2.24) is 0 Å². The van der Waals surface area contributed by atoms with Gasteiger partial charge in [0.05, 0.1) is 35.3 Å². The number of benzene rings is 2. The van der Waals surface area contributed by atoms with Crippen LogP contribution in [0.1, 0.15) is 15.9 Å². The van der Waals surface area contributed by atoms with E-state index in [9.17, 15) is 4.79 Å². The van der Waals surface area contributed by atoms with Crippen molar-refractivity contribution >= 4 is 23.0 Å². The van der Waals surface area contributed by atoms with E-state index in [1.165, 1.54) is 13.2 Å². The predicted octanol–water partition coefficient (Wildman–Crippen LogP) is 2.67. The standard InChI is InChI=1S/C15H13N3O2/c1-20-15(19)10-6-7-14(12(17)8-10)18-13-5-3-2-4-11(13)9-16/h2-8,18H,17H2,1H3. The first-order valence-electron chi connectivity index (χ1n) is 5.89. The number of anilines is 3. The van der Waals surface area contributed by atoms with Crippen molar-refractivity contribution in [3.8, 4) is 6.07 Å². The van der Waals surface area contributed by atoms with Crippen LogP contribution in [0.2, 0.25) is 0 Å². The predicted molar refractivity (Wildman–Crippen MR) is 76.6 cm³/mol. The average Bonchev–Trinajstić information content (AvgIpc) is 2.49. The number of hydrogen-bond acceptors (Lipinski definition) is 5. The molecule has 0 saturated heterocycles. The van der Waals surface area contributed by atoms with Gasteiger partial charge in [-0.25, -0.2) is 4.79 Å². The summed E-state index contributed by atoms with van der Waals surface area (Å²) in [6.45, 7) is 0. The Labute approximate surface area is 116 Å². The SMILES string of the molecule is COC(=O)c1ccc(Nc2ccccc2C#N)c(N)c1. The monoisotopic (exact) mass is 267 g/mol. The van der Waals surface area contributed by atoms with Crippen LogP contribution < -0.4 is 11.1 Å². The van der Waals surface area contributed by atoms with Crippen molar-refractivity contribution in [1.29, 1.82) is 5.26 Å². The second-order valence-electron chi connectivity index (χ2n) is 4.08. The van der Waals surface area contributed by atoms with Gasteiger partial charge in [-0.15, -0.1) is 0 Å². The second-order valence-corrected chi connectivity index (χ2v) is 4.08. The van der Waals surface area contributed by atoms with Gasteiger partial charge in [-0.3, -0.25) is 0 Å². The Balaban J connectivity index is 2.31. The number of nitrogens with one attached hydrogen (secondary N) is 1. The van der Waals surface area contributed by atoms with E-state index in [4.69, 9.17) is 11.0 Å². The molecule has 0 aliphatic heterocycles. The van der Waals surface area contributed by atoms with E-state index < -0.39 is 5.97 Å². The number of nitrogens with two attached hydrogens (primary N) is 1. The number of hydrogen-bond donors (Lipinski definition) is 2. The fourth-order valence-electron chi connectivity index (χ4n) is 1.76. The van der Waals surface area contributed by atoms with Crippen LogP contribution in [0.3, 0.4) is 0 Å². The summed E-state index contributed by atoms with van der Waals surface area (Å²) in [5.41, 5.74) is 8.48. The minimum Gasteiger partial charge on any atom is -0.465 e. The summed E-state index contributed by atoms with van der Waals surface area (Å²) in [6.07, 6.45) is 0. The van der Waals surface area contributed by atoms with Gasteiger partial charge < -0.3 is 15.8 Å². The number of carbonyl (C=O) groups excluding carboxylic acids is 1. The van der Waals surface area contributed by atoms with Gasteiger partial charge in [-0.1, -0.05) is 12.1 Å². The van der Waals surface area contributed by atoms with E-state index >= 15 is 0 Å². The third-order valence-electron chi connectivity index (χ3n) is 2.79. The lowest BCUT2D eigenvalue weighted by atomic mass is 10.1. The van der Waals surface area contributed by atoms with Crippen molar-refractivity contribution in [3.05, 3.63) is 53.6 Å². The molecule has 5 nitrogen and oxygen atoms in total. The molecule has 0 unspecified atom stereocenters. The van der Waals surface area contributed by atoms with Crippen molar-refractivity contribution in [3.63, 3.8) is 0 Å². The molecule has 20 heavy (non-hydrogen) atoms. The molecule has 0 fully saturated rings. The Morgan fingerprint density at radius 1 is 1.25 bits per heavy atom. The lowest BCUT2D eigenvalue weighted by molar-refractivity contribution is 0.0601. The molecule has 2 aromatic carbocycles. The zero-order valence-electron chi connectivity index (χ0n) is 10.9. The Bertz CT molecular complexity index is 690. The molecule has 2 rings (SSSR count). The maximum atomic E-state index is 11.4. The summed E-state index contributed by atoms with van der Waals surface area (Å²) >= 11 is 0. The second kappa shape index (κ2) is 5.76. The van der Waals surface area contributed by atoms with Crippen LogP contribution >= 0.6 is 0 Å². The third-order valence-corrected chi connectivity index (χ3v) is 2.79. The zero-order valence-corrected chi connectivity index (χ0v) is 10.9. The first-order chi connectivity index (χ1) is 9.65. The fraction of sp³-hybridized carbons (Fsp3) is 0.0667. The first kappa shape index (κ1) is 13.4. The number of nitrogen functional groups attached to an aromatic ring is 1. The summed E-state index contributed by atoms with van der Waals surface area (Å²) in [7, 11) is 1.31. The number of methoxy groups -OCH3 is 1. The van der Waals surface area contributed by atoms with E-state index in [1.807, 2.05) is 6.07 Å². The summed E-state index contributed by atoms with van der Waals surface area (Å²) in [5.74, 6) is -0.444. The Kier molecular flexibility index (Phi) is 3.87. The number of nitrogens with zero attached hydrogens (tertiary/aromatic N) is 1. The Hall–Kier alpha value is -3.00. The van der Waals surface area contributed by atoms with Gasteiger partial charge in [-0.05, 0) is 30.3 Å². The number of carbonyl (C=O) groups is 1. The normalized spacial score (nSPS) is 9.60. The molecule has 0 bridgehead atoms. The molecule has 0 aliphatic rings. The molecular formula is C15H13N3O2. The lowest BCUT2D eigenvalue weighted by Gasteiger charge is -2.11. The van der Waals surface area contributed by atoms with Gasteiger partial charge in [0.25, 0.3) is 0 Å². The largest absolute Gasteiger partial charge is 0.465 e. The fourth-order valence-corrected chi connectivity index (χ4v) is 1.76. The van der Waals surface area contributed by atoms with E-state index in [1.54, 1.807) is 30.3 Å². The minimum absolute atomic E-state index is 0.379.